The molecule has 106 valence electrons. The molecule has 0 aromatic rings. The van der Waals surface area contributed by atoms with Gasteiger partial charge in [0.25, 0.3) is 6.47 Å². The fourth-order valence-electron chi connectivity index (χ4n) is 1.62. The van der Waals surface area contributed by atoms with Gasteiger partial charge in [-0.3, -0.25) is 9.59 Å². The molecule has 1 amide bonds. The van der Waals surface area contributed by atoms with E-state index in [0.717, 1.165) is 25.9 Å². The summed E-state index contributed by atoms with van der Waals surface area (Å²) < 4.78 is 4.55. The Labute approximate surface area is 109 Å². The summed E-state index contributed by atoms with van der Waals surface area (Å²) in [5.41, 5.74) is 4.51. The fraction of sp³-hybridized carbons (Fsp3) is 0.833. The highest BCUT2D eigenvalue weighted by atomic mass is 16.5. The number of likely N-dealkylation sites (N-methyl/N-ethyl adjacent to an activating group) is 1. The van der Waals surface area contributed by atoms with E-state index < -0.39 is 5.54 Å². The summed E-state index contributed by atoms with van der Waals surface area (Å²) in [5, 5.41) is 6.18. The second kappa shape index (κ2) is 7.33. The average Bonchev–Trinajstić information content (AvgIpc) is 2.29. The molecule has 0 radical (unpaired) electrons. The first kappa shape index (κ1) is 16.9. The van der Waals surface area contributed by atoms with E-state index in [9.17, 15) is 9.59 Å². The van der Waals surface area contributed by atoms with Crippen molar-refractivity contribution in [3.63, 3.8) is 0 Å². The fourth-order valence-corrected chi connectivity index (χ4v) is 1.62. The van der Waals surface area contributed by atoms with Crippen molar-refractivity contribution in [2.24, 2.45) is 5.73 Å². The second-order valence-corrected chi connectivity index (χ2v) is 5.27. The zero-order chi connectivity index (χ0) is 14.2. The van der Waals surface area contributed by atoms with Gasteiger partial charge in [0.2, 0.25) is 5.91 Å². The Balaban J connectivity index is 0.000000360. The van der Waals surface area contributed by atoms with Crippen molar-refractivity contribution in [2.45, 2.75) is 44.8 Å². The normalized spacial score (nSPS) is 18.2. The molecule has 1 aliphatic rings. The summed E-state index contributed by atoms with van der Waals surface area (Å²) in [6.45, 7) is 7.65. The predicted octanol–water partition coefficient (Wildman–Crippen LogP) is -0.229. The molecule has 0 saturated carbocycles. The minimum absolute atomic E-state index is 0.235. The summed E-state index contributed by atoms with van der Waals surface area (Å²) in [5.74, 6) is -0.235. The minimum atomic E-state index is -0.453. The lowest BCUT2D eigenvalue weighted by atomic mass is 9.88. The van der Waals surface area contributed by atoms with Crippen molar-refractivity contribution >= 4 is 12.4 Å². The zero-order valence-electron chi connectivity index (χ0n) is 11.7. The van der Waals surface area contributed by atoms with Gasteiger partial charge in [-0.1, -0.05) is 0 Å². The molecule has 6 nitrogen and oxygen atoms in total. The molecule has 1 fully saturated rings. The lowest BCUT2D eigenvalue weighted by Gasteiger charge is -2.34. The van der Waals surface area contributed by atoms with Gasteiger partial charge in [-0.15, -0.1) is 0 Å². The van der Waals surface area contributed by atoms with Gasteiger partial charge in [0.1, 0.15) is 5.60 Å². The van der Waals surface area contributed by atoms with Crippen LogP contribution in [0.2, 0.25) is 0 Å². The van der Waals surface area contributed by atoms with Gasteiger partial charge in [0.15, 0.2) is 0 Å². The van der Waals surface area contributed by atoms with Crippen LogP contribution in [0.1, 0.15) is 33.6 Å². The predicted molar refractivity (Wildman–Crippen MR) is 70.0 cm³/mol. The summed E-state index contributed by atoms with van der Waals surface area (Å²) in [4.78, 5) is 20.6. The molecule has 1 aliphatic heterocycles. The molecule has 0 aromatic carbocycles. The van der Waals surface area contributed by atoms with Crippen LogP contribution in [-0.4, -0.2) is 43.7 Å². The van der Waals surface area contributed by atoms with Crippen LogP contribution >= 0.6 is 0 Å². The molecule has 0 aromatic heterocycles. The quantitative estimate of drug-likeness (QED) is 0.609. The van der Waals surface area contributed by atoms with E-state index in [-0.39, 0.29) is 11.5 Å². The molecule has 0 atom stereocenters. The van der Waals surface area contributed by atoms with E-state index in [1.807, 2.05) is 20.8 Å². The number of hydrogen-bond donors (Lipinski definition) is 3. The van der Waals surface area contributed by atoms with Crippen molar-refractivity contribution in [1.82, 2.24) is 10.6 Å². The maximum atomic E-state index is 11.0. The SMILES string of the molecule is CC(C)(C)OC=O.CNC1(C(N)=O)CCNCC1. The lowest BCUT2D eigenvalue weighted by Crippen LogP contribution is -2.59. The van der Waals surface area contributed by atoms with Gasteiger partial charge < -0.3 is 21.1 Å². The number of ether oxygens (including phenoxy) is 1. The maximum Gasteiger partial charge on any atom is 0.293 e. The van der Waals surface area contributed by atoms with Crippen molar-refractivity contribution in [2.75, 3.05) is 20.1 Å². The van der Waals surface area contributed by atoms with Gasteiger partial charge in [0, 0.05) is 0 Å². The van der Waals surface area contributed by atoms with Crippen molar-refractivity contribution in [1.29, 1.82) is 0 Å². The van der Waals surface area contributed by atoms with Crippen LogP contribution in [0.15, 0.2) is 0 Å². The molecule has 18 heavy (non-hydrogen) atoms. The standard InChI is InChI=1S/C7H15N3O.C5H10O2/c1-9-7(6(8)11)2-4-10-5-3-7;1-5(2,3)7-4-6/h9-10H,2-5H2,1H3,(H2,8,11);4H,1-3H3. The van der Waals surface area contributed by atoms with E-state index >= 15 is 0 Å². The van der Waals surface area contributed by atoms with Gasteiger partial charge in [0.05, 0.1) is 5.54 Å². The van der Waals surface area contributed by atoms with E-state index in [0.29, 0.717) is 6.47 Å². The second-order valence-electron chi connectivity index (χ2n) is 5.27. The number of piperidine rings is 1. The third-order valence-electron chi connectivity index (χ3n) is 2.81. The van der Waals surface area contributed by atoms with Gasteiger partial charge in [-0.05, 0) is 53.8 Å². The van der Waals surface area contributed by atoms with E-state index in [1.165, 1.54) is 0 Å². The third kappa shape index (κ3) is 5.97. The number of rotatable bonds is 3. The molecule has 0 unspecified atom stereocenters. The highest BCUT2D eigenvalue weighted by Gasteiger charge is 2.35. The van der Waals surface area contributed by atoms with Gasteiger partial charge in [-0.2, -0.15) is 0 Å². The van der Waals surface area contributed by atoms with Gasteiger partial charge >= 0.3 is 0 Å². The molecule has 4 N–H and O–H groups in total. The van der Waals surface area contributed by atoms with Crippen LogP contribution in [-0.2, 0) is 14.3 Å². The smallest absolute Gasteiger partial charge is 0.293 e. The summed E-state index contributed by atoms with van der Waals surface area (Å²) in [6.07, 6.45) is 1.58. The number of amides is 1. The Morgan fingerprint density at radius 2 is 1.89 bits per heavy atom. The Morgan fingerprint density at radius 1 is 1.39 bits per heavy atom. The van der Waals surface area contributed by atoms with Crippen molar-refractivity contribution in [3.8, 4) is 0 Å². The number of hydrogen-bond acceptors (Lipinski definition) is 5. The summed E-state index contributed by atoms with van der Waals surface area (Å²) in [7, 11) is 1.79. The van der Waals surface area contributed by atoms with Crippen molar-refractivity contribution in [3.05, 3.63) is 0 Å². The van der Waals surface area contributed by atoms with E-state index in [1.54, 1.807) is 7.05 Å². The minimum Gasteiger partial charge on any atom is -0.462 e. The zero-order valence-corrected chi connectivity index (χ0v) is 11.7. The first-order valence-corrected chi connectivity index (χ1v) is 6.08. The molecule has 0 spiro atoms. The summed E-state index contributed by atoms with van der Waals surface area (Å²) >= 11 is 0. The number of carbonyl (C=O) groups excluding carboxylic acids is 2. The number of primary amides is 1. The van der Waals surface area contributed by atoms with Crippen LogP contribution in [0.25, 0.3) is 0 Å². The average molecular weight is 259 g/mol. The molecule has 6 heteroatoms. The highest BCUT2D eigenvalue weighted by Crippen LogP contribution is 2.16. The maximum absolute atomic E-state index is 11.0. The molecule has 1 saturated heterocycles. The van der Waals surface area contributed by atoms with Crippen LogP contribution in [0.4, 0.5) is 0 Å². The van der Waals surface area contributed by atoms with Crippen LogP contribution < -0.4 is 16.4 Å². The van der Waals surface area contributed by atoms with Crippen LogP contribution in [0.5, 0.6) is 0 Å². The number of nitrogens with one attached hydrogen (secondary N) is 2. The van der Waals surface area contributed by atoms with E-state index in [2.05, 4.69) is 15.4 Å². The highest BCUT2D eigenvalue weighted by molar-refractivity contribution is 5.84. The molecular weight excluding hydrogens is 234 g/mol. The van der Waals surface area contributed by atoms with Crippen molar-refractivity contribution < 1.29 is 14.3 Å². The van der Waals surface area contributed by atoms with E-state index in [4.69, 9.17) is 5.73 Å². The summed E-state index contributed by atoms with van der Waals surface area (Å²) in [6, 6.07) is 0. The molecule has 1 rings (SSSR count). The monoisotopic (exact) mass is 259 g/mol. The first-order valence-electron chi connectivity index (χ1n) is 6.08. The molecule has 0 bridgehead atoms. The Hall–Kier alpha value is -1.14. The molecule has 1 heterocycles. The number of nitrogens with two attached hydrogens (primary N) is 1. The third-order valence-corrected chi connectivity index (χ3v) is 2.81. The van der Waals surface area contributed by atoms with Crippen LogP contribution in [0, 0.1) is 0 Å². The molecule has 0 aliphatic carbocycles. The largest absolute Gasteiger partial charge is 0.462 e. The topological polar surface area (TPSA) is 93.4 Å². The lowest BCUT2D eigenvalue weighted by molar-refractivity contribution is -0.138. The van der Waals surface area contributed by atoms with Gasteiger partial charge in [-0.25, -0.2) is 0 Å². The first-order chi connectivity index (χ1) is 8.27. The van der Waals surface area contributed by atoms with Crippen LogP contribution in [0.3, 0.4) is 0 Å². The Kier molecular flexibility index (Phi) is 6.86. The Morgan fingerprint density at radius 3 is 2.06 bits per heavy atom. The number of carbonyl (C=O) groups is 2. The molecular formula is C12H25N3O3. The Bertz CT molecular complexity index is 268.